The number of aromatic nitrogens is 5. The average Bonchev–Trinajstić information content (AvgIpc) is 1.61. The Kier molecular flexibility index (Phi) is 31.3. The number of aliphatic hydroxyl groups excluding tert-OH is 2. The first-order chi connectivity index (χ1) is 65.5. The van der Waals surface area contributed by atoms with E-state index < -0.39 is 18.0 Å². The van der Waals surface area contributed by atoms with Crippen molar-refractivity contribution >= 4 is 214 Å². The highest BCUT2D eigenvalue weighted by Gasteiger charge is 2.26. The van der Waals surface area contributed by atoms with Crippen molar-refractivity contribution in [3.8, 4) is 12.1 Å². The van der Waals surface area contributed by atoms with Gasteiger partial charge in [0, 0.05) is 203 Å². The van der Waals surface area contributed by atoms with Gasteiger partial charge in [0.25, 0.3) is 0 Å². The Morgan fingerprint density at radius 2 is 0.644 bits per heavy atom. The zero-order valence-corrected chi connectivity index (χ0v) is 79.1. The molecule has 20 nitrogen and oxygen atoms in total. The van der Waals surface area contributed by atoms with Crippen molar-refractivity contribution in [1.82, 2.24) is 33.6 Å². The fourth-order valence-corrected chi connectivity index (χ4v) is 20.3. The number of aliphatic carboxylic acids is 2. The van der Waals surface area contributed by atoms with Crippen molar-refractivity contribution in [2.45, 2.75) is 125 Å². The molecule has 2 aliphatic rings. The first-order valence-corrected chi connectivity index (χ1v) is 47.2. The molecule has 0 aliphatic carbocycles. The van der Waals surface area contributed by atoms with Gasteiger partial charge in [-0.2, -0.15) is 10.5 Å². The van der Waals surface area contributed by atoms with Crippen LogP contribution in [0.15, 0.2) is 317 Å². The van der Waals surface area contributed by atoms with Crippen LogP contribution in [0.1, 0.15) is 60.8 Å². The number of aliphatic hydroxyl groups is 2. The van der Waals surface area contributed by atoms with E-state index in [1.54, 1.807) is 30.6 Å². The minimum absolute atomic E-state index is 0.0712. The van der Waals surface area contributed by atoms with Gasteiger partial charge in [0.15, 0.2) is 0 Å². The topological polar surface area (TPSA) is 278 Å². The number of carbonyl (C=O) groups excluding carboxylic acids is 2. The number of fused-ring (bicyclic) bond motifs is 19. The molecular formula is C110H101Cl3N12O8S2. The number of carboxylic acid groups (broad SMARTS) is 2. The summed E-state index contributed by atoms with van der Waals surface area (Å²) in [5, 5.41) is 70.8. The SMILES string of the molecule is CNC(=O)CCn1c2ccccc2c2ccccc21.Cc1ccc2c(c1)N(CCC#N)c1ccccc1S2.Cc1ccc2c(c1)c1cc(Cl)ccc1n2CC(O)CO.Cc1ccc2c(c1)c1cc(Cl)ccc1n2CCC#N.Cc1ccc2c(c1)c1cc(Cl)ccc1n2CCC(=O)NN.O=C(O)CCN1c2ccccc2Sc2ccccc21.O=C(O)CCn1c2ccccc2c2ccccc21. The summed E-state index contributed by atoms with van der Waals surface area (Å²) in [5.74, 6) is 3.51. The number of nitrogens with zero attached hydrogens (tertiary/aromatic N) is 9. The van der Waals surface area contributed by atoms with Gasteiger partial charge in [-0.1, -0.05) is 208 Å². The normalized spacial score (nSPS) is 11.8. The second-order valence-corrected chi connectivity index (χ2v) is 36.4. The fraction of sp³-hybridized carbons (Fsp3) is 0.182. The third-order valence-corrected chi connectivity index (χ3v) is 26.7. The maximum Gasteiger partial charge on any atom is 0.305 e. The number of aryl methyl sites for hydroxylation is 8. The minimum atomic E-state index is -0.772. The molecule has 135 heavy (non-hydrogen) atoms. The molecule has 2 aliphatic heterocycles. The molecule has 682 valence electrons. The molecule has 14 aromatic carbocycles. The highest BCUT2D eigenvalue weighted by molar-refractivity contribution is 8.00. The third kappa shape index (κ3) is 21.9. The minimum Gasteiger partial charge on any atom is -0.481 e. The second kappa shape index (κ2) is 44.2. The quantitative estimate of drug-likeness (QED) is 0.0225. The van der Waals surface area contributed by atoms with Crippen LogP contribution in [0.2, 0.25) is 15.1 Å². The predicted molar refractivity (Wildman–Crippen MR) is 553 cm³/mol. The van der Waals surface area contributed by atoms with Gasteiger partial charge in [-0.25, -0.2) is 5.84 Å². The number of hydrazine groups is 1. The van der Waals surface area contributed by atoms with Crippen molar-refractivity contribution < 1.29 is 39.6 Å². The molecule has 0 radical (unpaired) electrons. The van der Waals surface area contributed by atoms with Gasteiger partial charge in [-0.15, -0.1) is 0 Å². The second-order valence-electron chi connectivity index (χ2n) is 32.9. The molecule has 19 aromatic rings. The summed E-state index contributed by atoms with van der Waals surface area (Å²) in [5.41, 5.74) is 22.7. The molecule has 2 amide bonds. The van der Waals surface area contributed by atoms with E-state index in [2.05, 4.69) is 224 Å². The Hall–Kier alpha value is -14.0. The van der Waals surface area contributed by atoms with E-state index in [-0.39, 0.29) is 31.3 Å². The van der Waals surface area contributed by atoms with Gasteiger partial charge in [0.2, 0.25) is 11.8 Å². The molecule has 0 spiro atoms. The van der Waals surface area contributed by atoms with Crippen LogP contribution < -0.4 is 26.4 Å². The summed E-state index contributed by atoms with van der Waals surface area (Å²) in [6, 6.07) is 105. The predicted octanol–water partition coefficient (Wildman–Crippen LogP) is 25.4. The van der Waals surface area contributed by atoms with Crippen molar-refractivity contribution in [2.24, 2.45) is 5.84 Å². The third-order valence-electron chi connectivity index (χ3n) is 23.8. The lowest BCUT2D eigenvalue weighted by molar-refractivity contribution is -0.138. The summed E-state index contributed by atoms with van der Waals surface area (Å²) in [6.45, 7) is 12.1. The maximum absolute atomic E-state index is 11.5. The first kappa shape index (κ1) is 95.6. The van der Waals surface area contributed by atoms with E-state index in [9.17, 15) is 24.3 Å². The number of anilines is 4. The summed E-state index contributed by atoms with van der Waals surface area (Å²) < 4.78 is 10.7. The van der Waals surface area contributed by atoms with Gasteiger partial charge in [0.1, 0.15) is 0 Å². The number of amides is 2. The Morgan fingerprint density at radius 3 is 1.02 bits per heavy atom. The van der Waals surface area contributed by atoms with Gasteiger partial charge < -0.3 is 58.4 Å². The van der Waals surface area contributed by atoms with Crippen molar-refractivity contribution in [3.63, 3.8) is 0 Å². The number of benzene rings is 14. The van der Waals surface area contributed by atoms with Crippen LogP contribution >= 0.6 is 58.3 Å². The molecule has 8 N–H and O–H groups in total. The molecule has 5 aromatic heterocycles. The molecule has 0 fully saturated rings. The van der Waals surface area contributed by atoms with E-state index in [4.69, 9.17) is 66.5 Å². The molecular weight excluding hydrogens is 1790 g/mol. The van der Waals surface area contributed by atoms with Crippen LogP contribution in [0.5, 0.6) is 0 Å². The van der Waals surface area contributed by atoms with E-state index in [1.165, 1.54) is 91.2 Å². The molecule has 7 heterocycles. The molecule has 25 heteroatoms. The van der Waals surface area contributed by atoms with Crippen LogP contribution in [0.3, 0.4) is 0 Å². The molecule has 0 saturated carbocycles. The smallest absolute Gasteiger partial charge is 0.305 e. The lowest BCUT2D eigenvalue weighted by Gasteiger charge is -2.32. The number of nitrogens with two attached hydrogens (primary N) is 1. The summed E-state index contributed by atoms with van der Waals surface area (Å²) >= 11 is 21.9. The molecule has 1 unspecified atom stereocenters. The molecule has 0 saturated heterocycles. The largest absolute Gasteiger partial charge is 0.481 e. The number of nitriles is 2. The molecule has 21 rings (SSSR count). The number of hydrogen-bond donors (Lipinski definition) is 7. The number of hydrogen-bond acceptors (Lipinski definition) is 13. The van der Waals surface area contributed by atoms with Gasteiger partial charge >= 0.3 is 11.9 Å². The van der Waals surface area contributed by atoms with Crippen molar-refractivity contribution in [1.29, 1.82) is 10.5 Å². The van der Waals surface area contributed by atoms with Gasteiger partial charge in [-0.3, -0.25) is 24.6 Å². The summed E-state index contributed by atoms with van der Waals surface area (Å²) in [4.78, 5) is 53.7. The average molecular weight is 1890 g/mol. The number of carbonyl (C=O) groups is 4. The van der Waals surface area contributed by atoms with Crippen molar-refractivity contribution in [2.75, 3.05) is 36.5 Å². The van der Waals surface area contributed by atoms with Crippen molar-refractivity contribution in [3.05, 3.63) is 335 Å². The summed E-state index contributed by atoms with van der Waals surface area (Å²) in [6.07, 6.45) is 1.38. The van der Waals surface area contributed by atoms with Crippen LogP contribution in [0.4, 0.5) is 22.7 Å². The highest BCUT2D eigenvalue weighted by atomic mass is 35.5. The Morgan fingerprint density at radius 1 is 0.348 bits per heavy atom. The molecule has 0 bridgehead atoms. The number of rotatable bonds is 19. The van der Waals surface area contributed by atoms with E-state index in [0.29, 0.717) is 75.0 Å². The van der Waals surface area contributed by atoms with E-state index in [1.807, 2.05) is 156 Å². The zero-order chi connectivity index (χ0) is 94.9. The van der Waals surface area contributed by atoms with Crippen LogP contribution in [0.25, 0.3) is 109 Å². The van der Waals surface area contributed by atoms with E-state index in [0.717, 1.165) is 94.0 Å². The first-order valence-electron chi connectivity index (χ1n) is 44.4. The van der Waals surface area contributed by atoms with Crippen LogP contribution in [0, 0.1) is 50.4 Å². The standard InChI is InChI=1S/C16H16ClN3O.C16H13ClN2.C16H16ClNO2.C16H16N2O.C16H14N2S.C15H13NO2S.C15H13NO2/c1-10-2-4-14-12(8-10)13-9-11(17)3-5-15(13)20(14)7-6-16(21)19-18;1-11-3-5-15-13(9-11)14-10-12(17)4-6-16(14)19(15)8-2-7-18;1-10-2-4-15-13(6-10)14-7-11(17)3-5-16(14)18(15)8-12(20)9-19;1-17-16(19)10-11-18-14-8-4-2-6-12(14)13-7-3-5-9-15(13)18;1-12-7-8-16-14(11-12)18(10-4-9-17)13-5-2-3-6-15(13)19-16;17-15(18)9-10-16-11-5-1-3-7-13(11)19-14-8-4-2-6-12(14)16;17-15(18)9-10-16-13-7-3-1-5-11(13)12-6-2-4-8-14(12)16/h2-5,8-9H,6-7,18H2,1H3,(H,19,21);3-6,9-10H,2,8H2,1H3;2-7,12,19-20H,8-9H2,1H3;2-9H,10-11H2,1H3,(H,17,19);2-3,5-8,11H,4,10H2,1H3;1-8H,9-10H2,(H,17,18);1-8H,9-10H2,(H,17,18). The monoisotopic (exact) mass is 1890 g/mol. The fourth-order valence-electron chi connectivity index (χ4n) is 17.6. The lowest BCUT2D eigenvalue weighted by atomic mass is 10.1. The Bertz CT molecular complexity index is 7390. The Labute approximate surface area is 805 Å². The Balaban J connectivity index is 0.000000120. The molecule has 1 atom stereocenters. The number of carboxylic acids is 2. The van der Waals surface area contributed by atoms with E-state index >= 15 is 0 Å². The number of para-hydroxylation sites is 7. The zero-order valence-electron chi connectivity index (χ0n) is 75.2. The van der Waals surface area contributed by atoms with Gasteiger partial charge in [0.05, 0.1) is 79.8 Å². The van der Waals surface area contributed by atoms with Gasteiger partial charge in [-0.05, 0) is 197 Å². The lowest BCUT2D eigenvalue weighted by Crippen LogP contribution is -2.30. The number of nitrogens with one attached hydrogen (secondary N) is 2. The number of halogens is 3. The van der Waals surface area contributed by atoms with Crippen LogP contribution in [-0.2, 0) is 51.9 Å². The maximum atomic E-state index is 11.5. The van der Waals surface area contributed by atoms with Crippen LogP contribution in [-0.4, -0.2) is 99.9 Å². The highest BCUT2D eigenvalue weighted by Crippen LogP contribution is 2.50. The summed E-state index contributed by atoms with van der Waals surface area (Å²) in [7, 11) is 1.67.